The number of nitrogen functional groups attached to an aromatic ring is 1. The molecule has 100 valence electrons. The molecule has 0 spiro atoms. The second kappa shape index (κ2) is 4.43. The molecule has 0 fully saturated rings. The van der Waals surface area contributed by atoms with Crippen LogP contribution in [0, 0.1) is 5.92 Å². The molecule has 1 aliphatic rings. The summed E-state index contributed by atoms with van der Waals surface area (Å²) in [6, 6.07) is -0.535. The Morgan fingerprint density at radius 3 is 3.00 bits per heavy atom. The van der Waals surface area contributed by atoms with Crippen molar-refractivity contribution < 1.29 is 9.50 Å². The summed E-state index contributed by atoms with van der Waals surface area (Å²) in [5, 5.41) is 9.24. The van der Waals surface area contributed by atoms with Crippen molar-refractivity contribution in [1.82, 2.24) is 19.5 Å². The highest BCUT2D eigenvalue weighted by Crippen LogP contribution is 2.37. The standard InChI is InChI=1S/C11H11ClFN5O/c12-9-8-10(17-11(14)16-9)18(4-15-8)7-2-5(3-19)1-6(7)13/h1,4-5,7,19H,2-3H2,(H2,14,16,17)/t5-,7-/m0/s1. The van der Waals surface area contributed by atoms with Crippen LogP contribution in [0.4, 0.5) is 10.3 Å². The van der Waals surface area contributed by atoms with Gasteiger partial charge < -0.3 is 15.4 Å². The average Bonchev–Trinajstić information content (AvgIpc) is 2.92. The third-order valence-electron chi connectivity index (χ3n) is 3.21. The molecule has 0 amide bonds. The maximum atomic E-state index is 13.9. The second-order valence-corrected chi connectivity index (χ2v) is 4.80. The number of nitrogens with two attached hydrogens (primary N) is 1. The van der Waals surface area contributed by atoms with Gasteiger partial charge in [-0.1, -0.05) is 11.6 Å². The maximum Gasteiger partial charge on any atom is 0.223 e. The highest BCUT2D eigenvalue weighted by molar-refractivity contribution is 6.33. The molecule has 0 saturated heterocycles. The SMILES string of the molecule is Nc1nc(Cl)c2ncn([C@H]3C[C@@H](CO)C=C3F)c2n1. The lowest BCUT2D eigenvalue weighted by Gasteiger charge is -2.13. The van der Waals surface area contributed by atoms with E-state index in [-0.39, 0.29) is 29.5 Å². The van der Waals surface area contributed by atoms with Crippen molar-refractivity contribution >= 4 is 28.7 Å². The highest BCUT2D eigenvalue weighted by atomic mass is 35.5. The van der Waals surface area contributed by atoms with E-state index in [1.165, 1.54) is 12.4 Å². The van der Waals surface area contributed by atoms with Crippen molar-refractivity contribution in [2.24, 2.45) is 5.92 Å². The van der Waals surface area contributed by atoms with E-state index >= 15 is 0 Å². The van der Waals surface area contributed by atoms with E-state index < -0.39 is 6.04 Å². The van der Waals surface area contributed by atoms with Gasteiger partial charge in [0.1, 0.15) is 11.3 Å². The molecule has 0 saturated carbocycles. The van der Waals surface area contributed by atoms with Crippen LogP contribution in [0.5, 0.6) is 0 Å². The van der Waals surface area contributed by atoms with Crippen molar-refractivity contribution in [3.63, 3.8) is 0 Å². The second-order valence-electron chi connectivity index (χ2n) is 4.44. The third kappa shape index (κ3) is 1.95. The van der Waals surface area contributed by atoms with E-state index in [0.29, 0.717) is 17.6 Å². The fourth-order valence-corrected chi connectivity index (χ4v) is 2.52. The maximum absolute atomic E-state index is 13.9. The number of aliphatic hydroxyl groups excluding tert-OH is 1. The van der Waals surface area contributed by atoms with Crippen LogP contribution in [0.25, 0.3) is 11.2 Å². The molecule has 2 atom stereocenters. The smallest absolute Gasteiger partial charge is 0.223 e. The molecule has 19 heavy (non-hydrogen) atoms. The number of aliphatic hydroxyl groups is 1. The van der Waals surface area contributed by atoms with Gasteiger partial charge in [-0.3, -0.25) is 0 Å². The lowest BCUT2D eigenvalue weighted by Crippen LogP contribution is -2.10. The van der Waals surface area contributed by atoms with Crippen molar-refractivity contribution in [2.45, 2.75) is 12.5 Å². The number of fused-ring (bicyclic) bond motifs is 1. The van der Waals surface area contributed by atoms with Crippen molar-refractivity contribution in [3.8, 4) is 0 Å². The third-order valence-corrected chi connectivity index (χ3v) is 3.47. The normalized spacial score (nSPS) is 23.0. The van der Waals surface area contributed by atoms with Gasteiger partial charge in [0, 0.05) is 12.5 Å². The number of allylic oxidation sites excluding steroid dienone is 1. The summed E-state index contributed by atoms with van der Waals surface area (Å²) in [5.74, 6) is -0.496. The lowest BCUT2D eigenvalue weighted by atomic mass is 10.1. The molecular formula is C11H11ClFN5O. The number of halogens is 2. The summed E-state index contributed by atoms with van der Waals surface area (Å²) >= 11 is 5.92. The van der Waals surface area contributed by atoms with Crippen molar-refractivity contribution in [1.29, 1.82) is 0 Å². The van der Waals surface area contributed by atoms with Gasteiger partial charge in [-0.15, -0.1) is 0 Å². The Hall–Kier alpha value is -1.73. The summed E-state index contributed by atoms with van der Waals surface area (Å²) in [6.45, 7) is -0.0889. The Bertz CT molecular complexity index is 670. The van der Waals surface area contributed by atoms with E-state index in [1.807, 2.05) is 0 Å². The summed E-state index contributed by atoms with van der Waals surface area (Å²) in [5.41, 5.74) is 6.32. The van der Waals surface area contributed by atoms with Gasteiger partial charge in [0.15, 0.2) is 10.8 Å². The minimum Gasteiger partial charge on any atom is -0.396 e. The Morgan fingerprint density at radius 2 is 2.32 bits per heavy atom. The molecule has 0 aromatic carbocycles. The Labute approximate surface area is 112 Å². The predicted octanol–water partition coefficient (Wildman–Crippen LogP) is 1.47. The number of imidazole rings is 1. The Morgan fingerprint density at radius 1 is 1.53 bits per heavy atom. The van der Waals surface area contributed by atoms with Crippen LogP contribution in [0.3, 0.4) is 0 Å². The first-order chi connectivity index (χ1) is 9.10. The Kier molecular flexibility index (Phi) is 2.87. The first kappa shape index (κ1) is 12.3. The first-order valence-electron chi connectivity index (χ1n) is 5.73. The monoisotopic (exact) mass is 283 g/mol. The van der Waals surface area contributed by atoms with Gasteiger partial charge in [0.25, 0.3) is 0 Å². The van der Waals surface area contributed by atoms with E-state index in [1.54, 1.807) is 4.57 Å². The number of rotatable bonds is 2. The topological polar surface area (TPSA) is 89.8 Å². The van der Waals surface area contributed by atoms with Crippen molar-refractivity contribution in [3.05, 3.63) is 23.4 Å². The fourth-order valence-electron chi connectivity index (χ4n) is 2.30. The number of hydrogen-bond donors (Lipinski definition) is 2. The van der Waals surface area contributed by atoms with Gasteiger partial charge in [-0.2, -0.15) is 9.97 Å². The molecule has 2 aromatic heterocycles. The summed E-state index contributed by atoms with van der Waals surface area (Å²) in [6.07, 6.45) is 3.33. The number of anilines is 1. The van der Waals surface area contributed by atoms with E-state index in [9.17, 15) is 4.39 Å². The lowest BCUT2D eigenvalue weighted by molar-refractivity contribution is 0.243. The van der Waals surface area contributed by atoms with E-state index in [0.717, 1.165) is 0 Å². The zero-order chi connectivity index (χ0) is 13.6. The molecule has 6 nitrogen and oxygen atoms in total. The Balaban J connectivity index is 2.10. The van der Waals surface area contributed by atoms with Crippen LogP contribution < -0.4 is 5.73 Å². The molecule has 3 rings (SSSR count). The molecule has 0 radical (unpaired) electrons. The first-order valence-corrected chi connectivity index (χ1v) is 6.11. The summed E-state index contributed by atoms with van der Waals surface area (Å²) < 4.78 is 15.5. The summed E-state index contributed by atoms with van der Waals surface area (Å²) in [7, 11) is 0. The zero-order valence-electron chi connectivity index (χ0n) is 9.79. The largest absolute Gasteiger partial charge is 0.396 e. The van der Waals surface area contributed by atoms with E-state index in [4.69, 9.17) is 22.4 Å². The van der Waals surface area contributed by atoms with Crippen LogP contribution in [0.15, 0.2) is 18.2 Å². The summed E-state index contributed by atoms with van der Waals surface area (Å²) in [4.78, 5) is 11.9. The average molecular weight is 284 g/mol. The molecule has 1 aliphatic carbocycles. The van der Waals surface area contributed by atoms with Crippen molar-refractivity contribution in [2.75, 3.05) is 12.3 Å². The van der Waals surface area contributed by atoms with Gasteiger partial charge in [-0.05, 0) is 12.5 Å². The molecule has 2 aromatic rings. The molecule has 0 unspecified atom stereocenters. The van der Waals surface area contributed by atoms with Gasteiger partial charge in [0.2, 0.25) is 5.95 Å². The number of nitrogens with zero attached hydrogens (tertiary/aromatic N) is 4. The number of hydrogen-bond acceptors (Lipinski definition) is 5. The molecule has 0 aliphatic heterocycles. The quantitative estimate of drug-likeness (QED) is 0.815. The molecule has 2 heterocycles. The molecule has 3 N–H and O–H groups in total. The predicted molar refractivity (Wildman–Crippen MR) is 68.2 cm³/mol. The molecule has 0 bridgehead atoms. The van der Waals surface area contributed by atoms with Crippen LogP contribution in [-0.4, -0.2) is 31.2 Å². The van der Waals surface area contributed by atoms with Gasteiger partial charge >= 0.3 is 0 Å². The van der Waals surface area contributed by atoms with Crippen LogP contribution in [-0.2, 0) is 0 Å². The van der Waals surface area contributed by atoms with E-state index in [2.05, 4.69) is 15.0 Å². The van der Waals surface area contributed by atoms with Gasteiger partial charge in [-0.25, -0.2) is 9.37 Å². The van der Waals surface area contributed by atoms with Crippen LogP contribution >= 0.6 is 11.6 Å². The molecular weight excluding hydrogens is 273 g/mol. The van der Waals surface area contributed by atoms with Gasteiger partial charge in [0.05, 0.1) is 12.4 Å². The molecule has 8 heteroatoms. The van der Waals surface area contributed by atoms with Crippen LogP contribution in [0.1, 0.15) is 12.5 Å². The minimum absolute atomic E-state index is 0.0142. The minimum atomic E-state index is -0.535. The fraction of sp³-hybridized carbons (Fsp3) is 0.364. The van der Waals surface area contributed by atoms with Crippen LogP contribution in [0.2, 0.25) is 5.15 Å². The number of aromatic nitrogens is 4. The zero-order valence-corrected chi connectivity index (χ0v) is 10.5. The highest BCUT2D eigenvalue weighted by Gasteiger charge is 2.29.